The van der Waals surface area contributed by atoms with Gasteiger partial charge < -0.3 is 10.1 Å². The molecule has 35 heavy (non-hydrogen) atoms. The Bertz CT molecular complexity index is 1170. The number of likely N-dealkylation sites (tertiary alicyclic amines) is 1. The lowest BCUT2D eigenvalue weighted by molar-refractivity contribution is 0.0687. The molecular formula is C28H38N4O3. The van der Waals surface area contributed by atoms with Gasteiger partial charge in [0.05, 0.1) is 11.0 Å². The maximum Gasteiger partial charge on any atom is 0.407 e. The van der Waals surface area contributed by atoms with Gasteiger partial charge in [0.25, 0.3) is 0 Å². The van der Waals surface area contributed by atoms with E-state index in [9.17, 15) is 9.59 Å². The van der Waals surface area contributed by atoms with Gasteiger partial charge in [-0.3, -0.25) is 14.0 Å². The fourth-order valence-corrected chi connectivity index (χ4v) is 5.26. The number of piperidine rings is 1. The van der Waals surface area contributed by atoms with E-state index in [-0.39, 0.29) is 30.0 Å². The summed E-state index contributed by atoms with van der Waals surface area (Å²) in [5, 5.41) is 2.87. The molecule has 1 saturated heterocycles. The van der Waals surface area contributed by atoms with Gasteiger partial charge in [-0.25, -0.2) is 9.59 Å². The van der Waals surface area contributed by atoms with Crippen molar-refractivity contribution in [1.82, 2.24) is 19.4 Å². The third kappa shape index (κ3) is 5.78. The van der Waals surface area contributed by atoms with Crippen molar-refractivity contribution in [3.05, 3.63) is 70.6 Å². The molecule has 1 aliphatic rings. The molecular weight excluding hydrogens is 440 g/mol. The number of nitrogens with one attached hydrogen (secondary N) is 1. The molecule has 0 unspecified atom stereocenters. The number of carbonyl (C=O) groups excluding carboxylic acids is 1. The molecule has 2 aromatic carbocycles. The first-order valence-electron chi connectivity index (χ1n) is 12.8. The molecule has 4 rings (SSSR count). The van der Waals surface area contributed by atoms with Crippen molar-refractivity contribution >= 4 is 17.1 Å². The number of nitrogens with zero attached hydrogens (tertiary/aromatic N) is 3. The Labute approximate surface area is 207 Å². The van der Waals surface area contributed by atoms with Crippen LogP contribution < -0.4 is 11.0 Å². The SMILES string of the molecule is CCn1c(=O)n(C2CCN(C(C)(C)CCCNC(=O)OCc3ccccc3)CC2)c2ccccc21. The Balaban J connectivity index is 1.25. The second-order valence-corrected chi connectivity index (χ2v) is 10.0. The molecule has 188 valence electrons. The van der Waals surface area contributed by atoms with Crippen molar-refractivity contribution in [3.8, 4) is 0 Å². The Kier molecular flexibility index (Phi) is 7.96. The maximum absolute atomic E-state index is 13.1. The zero-order valence-electron chi connectivity index (χ0n) is 21.2. The predicted octanol–water partition coefficient (Wildman–Crippen LogP) is 4.95. The third-order valence-electron chi connectivity index (χ3n) is 7.32. The van der Waals surface area contributed by atoms with E-state index in [2.05, 4.69) is 30.1 Å². The van der Waals surface area contributed by atoms with E-state index in [0.717, 1.165) is 55.4 Å². The lowest BCUT2D eigenvalue weighted by atomic mass is 9.92. The summed E-state index contributed by atoms with van der Waals surface area (Å²) in [6.07, 6.45) is 3.42. The van der Waals surface area contributed by atoms with Crippen LogP contribution in [0.25, 0.3) is 11.0 Å². The van der Waals surface area contributed by atoms with Gasteiger partial charge in [0.1, 0.15) is 6.61 Å². The molecule has 1 fully saturated rings. The molecule has 0 spiro atoms. The van der Waals surface area contributed by atoms with Crippen molar-refractivity contribution < 1.29 is 9.53 Å². The Morgan fingerprint density at radius 2 is 1.69 bits per heavy atom. The lowest BCUT2D eigenvalue weighted by Gasteiger charge is -2.43. The molecule has 0 bridgehead atoms. The van der Waals surface area contributed by atoms with Crippen molar-refractivity contribution in [2.24, 2.45) is 0 Å². The van der Waals surface area contributed by atoms with Crippen LogP contribution in [0.1, 0.15) is 58.1 Å². The van der Waals surface area contributed by atoms with Crippen LogP contribution in [0, 0.1) is 0 Å². The summed E-state index contributed by atoms with van der Waals surface area (Å²) in [6, 6.07) is 18.0. The Morgan fingerprint density at radius 1 is 1.03 bits per heavy atom. The number of imidazole rings is 1. The molecule has 3 aromatic rings. The predicted molar refractivity (Wildman–Crippen MR) is 140 cm³/mol. The van der Waals surface area contributed by atoms with E-state index in [1.807, 2.05) is 64.6 Å². The number of para-hydroxylation sites is 2. The number of aromatic nitrogens is 2. The fourth-order valence-electron chi connectivity index (χ4n) is 5.26. The molecule has 1 aliphatic heterocycles. The van der Waals surface area contributed by atoms with E-state index in [1.165, 1.54) is 0 Å². The molecule has 0 saturated carbocycles. The smallest absolute Gasteiger partial charge is 0.407 e. The first-order valence-corrected chi connectivity index (χ1v) is 12.8. The van der Waals surface area contributed by atoms with E-state index in [1.54, 1.807) is 0 Å². The van der Waals surface area contributed by atoms with Crippen molar-refractivity contribution in [2.75, 3.05) is 19.6 Å². The topological polar surface area (TPSA) is 68.5 Å². The van der Waals surface area contributed by atoms with Crippen LogP contribution in [-0.4, -0.2) is 45.3 Å². The highest BCUT2D eigenvalue weighted by Gasteiger charge is 2.32. The highest BCUT2D eigenvalue weighted by molar-refractivity contribution is 5.76. The van der Waals surface area contributed by atoms with Gasteiger partial charge >= 0.3 is 11.8 Å². The van der Waals surface area contributed by atoms with Crippen LogP contribution >= 0.6 is 0 Å². The van der Waals surface area contributed by atoms with Gasteiger partial charge in [-0.15, -0.1) is 0 Å². The number of hydrogen-bond donors (Lipinski definition) is 1. The summed E-state index contributed by atoms with van der Waals surface area (Å²) in [7, 11) is 0. The van der Waals surface area contributed by atoms with Crippen molar-refractivity contribution in [1.29, 1.82) is 0 Å². The van der Waals surface area contributed by atoms with Crippen molar-refractivity contribution in [2.45, 2.75) is 71.2 Å². The number of alkyl carbamates (subject to hydrolysis) is 1. The summed E-state index contributed by atoms with van der Waals surface area (Å²) < 4.78 is 9.19. The summed E-state index contributed by atoms with van der Waals surface area (Å²) >= 11 is 0. The van der Waals surface area contributed by atoms with Crippen molar-refractivity contribution in [3.63, 3.8) is 0 Å². The zero-order valence-corrected chi connectivity index (χ0v) is 21.2. The highest BCUT2D eigenvalue weighted by Crippen LogP contribution is 2.31. The number of aryl methyl sites for hydroxylation is 1. The van der Waals surface area contributed by atoms with E-state index < -0.39 is 0 Å². The lowest BCUT2D eigenvalue weighted by Crippen LogP contribution is -2.49. The second kappa shape index (κ2) is 11.1. The van der Waals surface area contributed by atoms with Crippen LogP contribution in [0.5, 0.6) is 0 Å². The van der Waals surface area contributed by atoms with Crippen LogP contribution in [0.15, 0.2) is 59.4 Å². The number of benzene rings is 2. The van der Waals surface area contributed by atoms with Crippen LogP contribution in [0.2, 0.25) is 0 Å². The summed E-state index contributed by atoms with van der Waals surface area (Å²) in [5.41, 5.74) is 3.19. The quantitative estimate of drug-likeness (QED) is 0.442. The third-order valence-corrected chi connectivity index (χ3v) is 7.32. The Morgan fingerprint density at radius 3 is 2.37 bits per heavy atom. The van der Waals surface area contributed by atoms with E-state index in [4.69, 9.17) is 4.74 Å². The first kappa shape index (κ1) is 25.0. The number of fused-ring (bicyclic) bond motifs is 1. The molecule has 0 atom stereocenters. The number of ether oxygens (including phenoxy) is 1. The summed E-state index contributed by atoms with van der Waals surface area (Å²) in [5.74, 6) is 0. The summed E-state index contributed by atoms with van der Waals surface area (Å²) in [6.45, 7) is 10.1. The van der Waals surface area contributed by atoms with Crippen LogP contribution in [-0.2, 0) is 17.9 Å². The van der Waals surface area contributed by atoms with Gasteiger partial charge in [0.15, 0.2) is 0 Å². The van der Waals surface area contributed by atoms with E-state index >= 15 is 0 Å². The largest absolute Gasteiger partial charge is 0.445 e. The standard InChI is InChI=1S/C28H38N4O3/c1-4-31-24-13-8-9-14-25(24)32(27(31)34)23-15-19-30(20-16-23)28(2,3)17-10-18-29-26(33)35-21-22-11-6-5-7-12-22/h5-9,11-14,23H,4,10,15-21H2,1-3H3,(H,29,33). The van der Waals surface area contributed by atoms with Gasteiger partial charge in [-0.2, -0.15) is 0 Å². The maximum atomic E-state index is 13.1. The van der Waals surface area contributed by atoms with E-state index in [0.29, 0.717) is 13.1 Å². The summed E-state index contributed by atoms with van der Waals surface area (Å²) in [4.78, 5) is 27.6. The minimum Gasteiger partial charge on any atom is -0.445 e. The van der Waals surface area contributed by atoms with Crippen LogP contribution in [0.4, 0.5) is 4.79 Å². The normalized spacial score (nSPS) is 15.4. The highest BCUT2D eigenvalue weighted by atomic mass is 16.5. The average Bonchev–Trinajstić information content (AvgIpc) is 3.17. The molecule has 7 nitrogen and oxygen atoms in total. The molecule has 2 heterocycles. The minimum absolute atomic E-state index is 0.0307. The molecule has 0 radical (unpaired) electrons. The van der Waals surface area contributed by atoms with Gasteiger partial charge in [-0.1, -0.05) is 42.5 Å². The molecule has 7 heteroatoms. The molecule has 0 aliphatic carbocycles. The number of rotatable bonds is 9. The van der Waals surface area contributed by atoms with Gasteiger partial charge in [0, 0.05) is 37.8 Å². The average molecular weight is 479 g/mol. The van der Waals surface area contributed by atoms with Gasteiger partial charge in [0.2, 0.25) is 0 Å². The fraction of sp³-hybridized carbons (Fsp3) is 0.500. The zero-order chi connectivity index (χ0) is 24.8. The van der Waals surface area contributed by atoms with Crippen LogP contribution in [0.3, 0.4) is 0 Å². The number of hydrogen-bond acceptors (Lipinski definition) is 4. The minimum atomic E-state index is -0.371. The number of amides is 1. The molecule has 1 N–H and O–H groups in total. The Hall–Kier alpha value is -3.06. The van der Waals surface area contributed by atoms with Gasteiger partial charge in [-0.05, 0) is 64.2 Å². The first-order chi connectivity index (χ1) is 16.9. The monoisotopic (exact) mass is 478 g/mol. The molecule has 1 amide bonds. The molecule has 1 aromatic heterocycles. The number of carbonyl (C=O) groups is 1. The second-order valence-electron chi connectivity index (χ2n) is 10.0.